The molecule has 2 aliphatic heterocycles. The maximum atomic E-state index is 13.4. The first kappa shape index (κ1) is 29.1. The number of ether oxygens (including phenoxy) is 1. The van der Waals surface area contributed by atoms with Gasteiger partial charge in [0.15, 0.2) is 0 Å². The van der Waals surface area contributed by atoms with Crippen molar-refractivity contribution >= 4 is 40.2 Å². The second-order valence-electron chi connectivity index (χ2n) is 11.0. The number of benzene rings is 2. The Morgan fingerprint density at radius 2 is 1.76 bits per heavy atom. The molecule has 9 heteroatoms. The summed E-state index contributed by atoms with van der Waals surface area (Å²) in [5.41, 5.74) is 9.78. The Labute approximate surface area is 246 Å². The molecule has 0 aliphatic carbocycles. The van der Waals surface area contributed by atoms with E-state index in [9.17, 15) is 14.4 Å². The minimum absolute atomic E-state index is 0.0233. The number of methoxy groups -OCH3 is 1. The highest BCUT2D eigenvalue weighted by atomic mass is 16.5. The monoisotopic (exact) mass is 569 g/mol. The Bertz CT molecular complexity index is 1630. The van der Waals surface area contributed by atoms with E-state index in [-0.39, 0.29) is 30.3 Å². The van der Waals surface area contributed by atoms with Gasteiger partial charge in [-0.25, -0.2) is 4.99 Å². The summed E-state index contributed by atoms with van der Waals surface area (Å²) in [4.78, 5) is 47.6. The van der Waals surface area contributed by atoms with Crippen LogP contribution in [0.15, 0.2) is 58.0 Å². The van der Waals surface area contributed by atoms with Gasteiger partial charge in [-0.15, -0.1) is 0 Å². The molecule has 2 amide bonds. The Morgan fingerprint density at radius 3 is 2.45 bits per heavy atom. The molecule has 2 N–H and O–H groups in total. The average Bonchev–Trinajstić information content (AvgIpc) is 3.47. The van der Waals surface area contributed by atoms with Crippen LogP contribution in [0.2, 0.25) is 0 Å². The number of carbonyl (C=O) groups excluding carboxylic acids is 2. The number of nitrogens with zero attached hydrogens (tertiary/aromatic N) is 4. The fourth-order valence-electron chi connectivity index (χ4n) is 5.80. The number of amidine groups is 1. The van der Waals surface area contributed by atoms with E-state index in [1.807, 2.05) is 46.2 Å². The van der Waals surface area contributed by atoms with Crippen molar-refractivity contribution in [1.82, 2.24) is 14.4 Å². The van der Waals surface area contributed by atoms with E-state index < -0.39 is 0 Å². The fourth-order valence-corrected chi connectivity index (χ4v) is 5.80. The molecule has 1 saturated heterocycles. The summed E-state index contributed by atoms with van der Waals surface area (Å²) in [6.45, 7) is 7.06. The minimum Gasteiger partial charge on any atom is -0.496 e. The number of pyridine rings is 1. The molecule has 0 unspecified atom stereocenters. The smallest absolute Gasteiger partial charge is 0.258 e. The largest absolute Gasteiger partial charge is 0.496 e. The van der Waals surface area contributed by atoms with Gasteiger partial charge in [-0.2, -0.15) is 0 Å². The van der Waals surface area contributed by atoms with Gasteiger partial charge >= 0.3 is 0 Å². The number of fused-ring (bicyclic) bond motifs is 2. The summed E-state index contributed by atoms with van der Waals surface area (Å²) in [5, 5.41) is 1.33. The Morgan fingerprint density at radius 1 is 1.02 bits per heavy atom. The van der Waals surface area contributed by atoms with Crippen molar-refractivity contribution in [2.45, 2.75) is 52.5 Å². The number of amides is 2. The third kappa shape index (κ3) is 5.95. The Kier molecular flexibility index (Phi) is 8.75. The van der Waals surface area contributed by atoms with Crippen LogP contribution in [-0.4, -0.2) is 65.3 Å². The number of nitrogens with two attached hydrogens (primary N) is 1. The van der Waals surface area contributed by atoms with Crippen LogP contribution < -0.4 is 16.0 Å². The molecule has 3 heterocycles. The van der Waals surface area contributed by atoms with Crippen LogP contribution in [-0.2, 0) is 16.1 Å². The molecule has 42 heavy (non-hydrogen) atoms. The average molecular weight is 570 g/mol. The number of likely N-dealkylation sites (tertiary alicyclic amines) is 1. The van der Waals surface area contributed by atoms with Crippen molar-refractivity contribution < 1.29 is 14.3 Å². The number of aromatic nitrogens is 1. The molecule has 2 aliphatic rings. The summed E-state index contributed by atoms with van der Waals surface area (Å²) >= 11 is 0. The second kappa shape index (κ2) is 12.6. The zero-order valence-electron chi connectivity index (χ0n) is 24.7. The topological polar surface area (TPSA) is 110 Å². The molecule has 0 spiro atoms. The third-order valence-electron chi connectivity index (χ3n) is 7.92. The minimum atomic E-state index is -0.189. The first-order valence-corrected chi connectivity index (χ1v) is 14.8. The third-order valence-corrected chi connectivity index (χ3v) is 7.92. The summed E-state index contributed by atoms with van der Waals surface area (Å²) in [6, 6.07) is 11.4. The van der Waals surface area contributed by atoms with Gasteiger partial charge in [-0.05, 0) is 78.6 Å². The van der Waals surface area contributed by atoms with Crippen molar-refractivity contribution in [3.63, 3.8) is 0 Å². The highest BCUT2D eigenvalue weighted by Crippen LogP contribution is 2.39. The normalized spacial score (nSPS) is 14.7. The number of hydrogen-bond donors (Lipinski definition) is 1. The van der Waals surface area contributed by atoms with E-state index in [0.717, 1.165) is 55.3 Å². The van der Waals surface area contributed by atoms with E-state index in [4.69, 9.17) is 10.5 Å². The number of carbonyl (C=O) groups is 2. The first-order chi connectivity index (χ1) is 20.3. The van der Waals surface area contributed by atoms with Gasteiger partial charge in [0.1, 0.15) is 18.1 Å². The van der Waals surface area contributed by atoms with Gasteiger partial charge in [0.05, 0.1) is 12.8 Å². The van der Waals surface area contributed by atoms with Crippen LogP contribution in [0, 0.1) is 0 Å². The molecule has 0 radical (unpaired) electrons. The van der Waals surface area contributed by atoms with Gasteiger partial charge in [0, 0.05) is 55.3 Å². The molecule has 2 aromatic carbocycles. The lowest BCUT2D eigenvalue weighted by Gasteiger charge is -2.22. The van der Waals surface area contributed by atoms with E-state index in [0.29, 0.717) is 46.9 Å². The van der Waals surface area contributed by atoms with Gasteiger partial charge in [-0.3, -0.25) is 14.4 Å². The van der Waals surface area contributed by atoms with Gasteiger partial charge in [0.25, 0.3) is 5.56 Å². The van der Waals surface area contributed by atoms with Crippen molar-refractivity contribution in [1.29, 1.82) is 0 Å². The van der Waals surface area contributed by atoms with Crippen molar-refractivity contribution in [3.05, 3.63) is 64.1 Å². The molecule has 0 bridgehead atoms. The molecule has 1 aromatic heterocycles. The van der Waals surface area contributed by atoms with Gasteiger partial charge < -0.3 is 24.8 Å². The SMILES string of the molecule is CCCN(CCC)C(=O)C1=Cc2c(cc(-c3ccc4c(=O)n(CC(=O)N5CCCC5)ccc4c3)cc2OC)N=C(N)C1. The number of hydrogen-bond acceptors (Lipinski definition) is 6. The zero-order valence-corrected chi connectivity index (χ0v) is 24.7. The molecule has 220 valence electrons. The van der Waals surface area contributed by atoms with E-state index >= 15 is 0 Å². The molecule has 3 aromatic rings. The molecule has 1 fully saturated rings. The maximum absolute atomic E-state index is 13.4. The Hall–Kier alpha value is -4.40. The van der Waals surface area contributed by atoms with Crippen LogP contribution >= 0.6 is 0 Å². The lowest BCUT2D eigenvalue weighted by molar-refractivity contribution is -0.130. The molecular formula is C33H39N5O4. The summed E-state index contributed by atoms with van der Waals surface area (Å²) in [6.07, 6.45) is 7.59. The van der Waals surface area contributed by atoms with E-state index in [1.54, 1.807) is 19.4 Å². The van der Waals surface area contributed by atoms with E-state index in [2.05, 4.69) is 18.8 Å². The predicted octanol–water partition coefficient (Wildman–Crippen LogP) is 4.72. The zero-order chi connectivity index (χ0) is 29.8. The van der Waals surface area contributed by atoms with Crippen molar-refractivity contribution in [2.24, 2.45) is 10.7 Å². The van der Waals surface area contributed by atoms with Crippen molar-refractivity contribution in [3.8, 4) is 16.9 Å². The Balaban J connectivity index is 1.49. The van der Waals surface area contributed by atoms with Crippen LogP contribution in [0.25, 0.3) is 28.0 Å². The molecule has 0 atom stereocenters. The summed E-state index contributed by atoms with van der Waals surface area (Å²) in [5.74, 6) is 0.894. The number of aliphatic imine (C=N–C) groups is 1. The second-order valence-corrected chi connectivity index (χ2v) is 11.0. The highest BCUT2D eigenvalue weighted by molar-refractivity contribution is 6.06. The van der Waals surface area contributed by atoms with Crippen LogP contribution in [0.1, 0.15) is 51.5 Å². The number of rotatable bonds is 9. The molecular weight excluding hydrogens is 530 g/mol. The van der Waals surface area contributed by atoms with Crippen molar-refractivity contribution in [2.75, 3.05) is 33.3 Å². The van der Waals surface area contributed by atoms with Crippen LogP contribution in [0.4, 0.5) is 5.69 Å². The maximum Gasteiger partial charge on any atom is 0.258 e. The van der Waals surface area contributed by atoms with Crippen LogP contribution in [0.5, 0.6) is 5.75 Å². The van der Waals surface area contributed by atoms with E-state index in [1.165, 1.54) is 4.57 Å². The predicted molar refractivity (Wildman–Crippen MR) is 167 cm³/mol. The molecule has 5 rings (SSSR count). The summed E-state index contributed by atoms with van der Waals surface area (Å²) < 4.78 is 7.27. The highest BCUT2D eigenvalue weighted by Gasteiger charge is 2.23. The molecule has 0 saturated carbocycles. The van der Waals surface area contributed by atoms with Gasteiger partial charge in [0.2, 0.25) is 11.8 Å². The lowest BCUT2D eigenvalue weighted by atomic mass is 9.98. The fraction of sp³-hybridized carbons (Fsp3) is 0.394. The summed E-state index contributed by atoms with van der Waals surface area (Å²) in [7, 11) is 1.60. The van der Waals surface area contributed by atoms with Gasteiger partial charge in [-0.1, -0.05) is 19.9 Å². The quantitative estimate of drug-likeness (QED) is 0.401. The molecule has 9 nitrogen and oxygen atoms in total. The standard InChI is InChI=1S/C33H39N5O4/c1-4-11-37(12-5-2)32(40)25-17-27-28(35-30(34)20-25)18-24(19-29(27)42-3)22-8-9-26-23(16-22)10-15-38(33(26)41)21-31(39)36-13-6-7-14-36/h8-10,15-19H,4-7,11-14,20-21H2,1-3H3,(H2,34,35). The lowest BCUT2D eigenvalue weighted by Crippen LogP contribution is -2.34. The van der Waals surface area contributed by atoms with Crippen LogP contribution in [0.3, 0.4) is 0 Å². The first-order valence-electron chi connectivity index (χ1n) is 14.8.